The molecule has 0 aliphatic carbocycles. The molecule has 10 nitrogen and oxygen atoms in total. The summed E-state index contributed by atoms with van der Waals surface area (Å²) in [4.78, 5) is 28.4. The second kappa shape index (κ2) is 7.16. The monoisotopic (exact) mass is 375 g/mol. The zero-order chi connectivity index (χ0) is 18.8. The van der Waals surface area contributed by atoms with Crippen molar-refractivity contribution in [1.29, 1.82) is 0 Å². The third kappa shape index (κ3) is 3.21. The largest absolute Gasteiger partial charge is 0.378 e. The Hall–Kier alpha value is -3.66. The summed E-state index contributed by atoms with van der Waals surface area (Å²) in [6.07, 6.45) is 10.2. The van der Waals surface area contributed by atoms with E-state index in [0.717, 1.165) is 30.1 Å². The van der Waals surface area contributed by atoms with Gasteiger partial charge in [-0.15, -0.1) is 0 Å². The van der Waals surface area contributed by atoms with Crippen LogP contribution in [-0.2, 0) is 4.74 Å². The van der Waals surface area contributed by atoms with Gasteiger partial charge in [0.25, 0.3) is 0 Å². The standard InChI is InChI=1S/C18H17N9O/c1-2-15(27-4-3-19-12-27)25-16-14(1)22-11-23-17(16)24-13-9-20-18(21-10-13)26-5-7-28-8-6-26/h1-4,9-12H,5-8H2,(H,22,23,24). The average Bonchev–Trinajstić information content (AvgIpc) is 3.30. The molecule has 1 saturated heterocycles. The molecule has 0 spiro atoms. The van der Waals surface area contributed by atoms with Gasteiger partial charge in [0.15, 0.2) is 5.82 Å². The van der Waals surface area contributed by atoms with E-state index >= 15 is 0 Å². The van der Waals surface area contributed by atoms with E-state index in [1.54, 1.807) is 24.9 Å². The number of ether oxygens (including phenoxy) is 1. The number of nitrogens with zero attached hydrogens (tertiary/aromatic N) is 8. The Bertz CT molecular complexity index is 1080. The number of aromatic nitrogens is 7. The Morgan fingerprint density at radius 1 is 1.00 bits per heavy atom. The van der Waals surface area contributed by atoms with E-state index in [2.05, 4.69) is 40.1 Å². The smallest absolute Gasteiger partial charge is 0.225 e. The highest BCUT2D eigenvalue weighted by Crippen LogP contribution is 2.22. The molecule has 10 heteroatoms. The van der Waals surface area contributed by atoms with Gasteiger partial charge in [-0.25, -0.2) is 29.9 Å². The van der Waals surface area contributed by atoms with Gasteiger partial charge in [0, 0.05) is 25.5 Å². The molecule has 1 fully saturated rings. The van der Waals surface area contributed by atoms with Crippen molar-refractivity contribution in [1.82, 2.24) is 34.5 Å². The predicted molar refractivity (Wildman–Crippen MR) is 103 cm³/mol. The molecular weight excluding hydrogens is 358 g/mol. The van der Waals surface area contributed by atoms with Gasteiger partial charge in [-0.05, 0) is 12.1 Å². The molecule has 0 bridgehead atoms. The van der Waals surface area contributed by atoms with Crippen LogP contribution in [0.1, 0.15) is 0 Å². The van der Waals surface area contributed by atoms with Crippen molar-refractivity contribution in [3.05, 3.63) is 49.6 Å². The van der Waals surface area contributed by atoms with Crippen LogP contribution in [0, 0.1) is 0 Å². The Kier molecular flexibility index (Phi) is 4.22. The van der Waals surface area contributed by atoms with Crippen molar-refractivity contribution < 1.29 is 4.74 Å². The quantitative estimate of drug-likeness (QED) is 0.569. The predicted octanol–water partition coefficient (Wildman–Crippen LogP) is 1.58. The summed E-state index contributed by atoms with van der Waals surface area (Å²) in [7, 11) is 0. The Morgan fingerprint density at radius 2 is 1.86 bits per heavy atom. The normalized spacial score (nSPS) is 14.4. The molecule has 5 rings (SSSR count). The molecule has 0 radical (unpaired) electrons. The van der Waals surface area contributed by atoms with Gasteiger partial charge in [0.2, 0.25) is 5.95 Å². The Balaban J connectivity index is 1.43. The summed E-state index contributed by atoms with van der Waals surface area (Å²) in [5.41, 5.74) is 2.13. The van der Waals surface area contributed by atoms with E-state index in [1.807, 2.05) is 22.9 Å². The number of hydrogen-bond donors (Lipinski definition) is 1. The van der Waals surface area contributed by atoms with Crippen LogP contribution in [0.3, 0.4) is 0 Å². The number of nitrogens with one attached hydrogen (secondary N) is 1. The lowest BCUT2D eigenvalue weighted by atomic mass is 10.3. The zero-order valence-electron chi connectivity index (χ0n) is 14.9. The van der Waals surface area contributed by atoms with Gasteiger partial charge in [-0.3, -0.25) is 4.57 Å². The zero-order valence-corrected chi connectivity index (χ0v) is 14.9. The molecule has 1 aliphatic heterocycles. The minimum Gasteiger partial charge on any atom is -0.378 e. The van der Waals surface area contributed by atoms with E-state index in [9.17, 15) is 0 Å². The lowest BCUT2D eigenvalue weighted by Crippen LogP contribution is -2.37. The van der Waals surface area contributed by atoms with Crippen LogP contribution in [0.25, 0.3) is 16.9 Å². The Morgan fingerprint density at radius 3 is 2.64 bits per heavy atom. The fourth-order valence-corrected chi connectivity index (χ4v) is 3.01. The van der Waals surface area contributed by atoms with Crippen molar-refractivity contribution in [3.63, 3.8) is 0 Å². The molecule has 0 saturated carbocycles. The first-order valence-electron chi connectivity index (χ1n) is 8.89. The molecule has 5 heterocycles. The third-order valence-electron chi connectivity index (χ3n) is 4.43. The summed E-state index contributed by atoms with van der Waals surface area (Å²) >= 11 is 0. The number of pyridine rings is 1. The van der Waals surface area contributed by atoms with Crippen molar-refractivity contribution in [2.24, 2.45) is 0 Å². The highest BCUT2D eigenvalue weighted by Gasteiger charge is 2.14. The number of hydrogen-bond acceptors (Lipinski definition) is 9. The molecule has 28 heavy (non-hydrogen) atoms. The average molecular weight is 375 g/mol. The van der Waals surface area contributed by atoms with E-state index < -0.39 is 0 Å². The first-order valence-corrected chi connectivity index (χ1v) is 8.89. The number of anilines is 3. The molecule has 0 amide bonds. The highest BCUT2D eigenvalue weighted by molar-refractivity contribution is 5.87. The second-order valence-electron chi connectivity index (χ2n) is 6.23. The highest BCUT2D eigenvalue weighted by atomic mass is 16.5. The van der Waals surface area contributed by atoms with Crippen LogP contribution >= 0.6 is 0 Å². The van der Waals surface area contributed by atoms with E-state index in [1.165, 1.54) is 6.33 Å². The fraction of sp³-hybridized carbons (Fsp3) is 0.222. The van der Waals surface area contributed by atoms with Gasteiger partial charge in [-0.2, -0.15) is 0 Å². The van der Waals surface area contributed by atoms with Crippen LogP contribution < -0.4 is 10.2 Å². The molecule has 1 aliphatic rings. The number of rotatable bonds is 4. The molecule has 0 unspecified atom stereocenters. The lowest BCUT2D eigenvalue weighted by Gasteiger charge is -2.26. The van der Waals surface area contributed by atoms with E-state index in [0.29, 0.717) is 30.5 Å². The van der Waals surface area contributed by atoms with Crippen molar-refractivity contribution in [3.8, 4) is 5.82 Å². The molecule has 0 aromatic carbocycles. The maximum atomic E-state index is 5.36. The summed E-state index contributed by atoms with van der Waals surface area (Å²) in [5, 5.41) is 3.24. The van der Waals surface area contributed by atoms with Gasteiger partial charge in [0.05, 0.1) is 36.8 Å². The van der Waals surface area contributed by atoms with Gasteiger partial charge in [0.1, 0.15) is 24.0 Å². The second-order valence-corrected chi connectivity index (χ2v) is 6.23. The third-order valence-corrected chi connectivity index (χ3v) is 4.43. The SMILES string of the molecule is c1cn(-c2ccc3ncnc(Nc4cnc(N5CCOCC5)nc4)c3n2)cn1. The van der Waals surface area contributed by atoms with Gasteiger partial charge in [-0.1, -0.05) is 0 Å². The van der Waals surface area contributed by atoms with E-state index in [4.69, 9.17) is 4.74 Å². The maximum Gasteiger partial charge on any atom is 0.225 e. The summed E-state index contributed by atoms with van der Waals surface area (Å²) in [6, 6.07) is 3.80. The molecule has 140 valence electrons. The number of fused-ring (bicyclic) bond motifs is 1. The van der Waals surface area contributed by atoms with Gasteiger partial charge >= 0.3 is 0 Å². The summed E-state index contributed by atoms with van der Waals surface area (Å²) in [5.74, 6) is 2.03. The first-order chi connectivity index (χ1) is 13.9. The van der Waals surface area contributed by atoms with Crippen LogP contribution in [0.2, 0.25) is 0 Å². The fourth-order valence-electron chi connectivity index (χ4n) is 3.01. The Labute approximate surface area is 160 Å². The van der Waals surface area contributed by atoms with Crippen LogP contribution in [0.5, 0.6) is 0 Å². The van der Waals surface area contributed by atoms with E-state index in [-0.39, 0.29) is 0 Å². The first kappa shape index (κ1) is 16.5. The van der Waals surface area contributed by atoms with Crippen LogP contribution in [-0.4, -0.2) is 60.8 Å². The molecular formula is C18H17N9O. The number of imidazole rings is 1. The minimum atomic E-state index is 0.592. The topological polar surface area (TPSA) is 107 Å². The van der Waals surface area contributed by atoms with Crippen molar-refractivity contribution >= 4 is 28.5 Å². The summed E-state index contributed by atoms with van der Waals surface area (Å²) < 4.78 is 7.19. The molecule has 0 atom stereocenters. The van der Waals surface area contributed by atoms with Crippen LogP contribution in [0.4, 0.5) is 17.5 Å². The van der Waals surface area contributed by atoms with Gasteiger partial charge < -0.3 is 15.0 Å². The maximum absolute atomic E-state index is 5.36. The van der Waals surface area contributed by atoms with Crippen LogP contribution in [0.15, 0.2) is 49.6 Å². The number of morpholine rings is 1. The van der Waals surface area contributed by atoms with Crippen molar-refractivity contribution in [2.45, 2.75) is 0 Å². The lowest BCUT2D eigenvalue weighted by molar-refractivity contribution is 0.122. The van der Waals surface area contributed by atoms with Crippen molar-refractivity contribution in [2.75, 3.05) is 36.5 Å². The molecule has 4 aromatic heterocycles. The molecule has 1 N–H and O–H groups in total. The summed E-state index contributed by atoms with van der Waals surface area (Å²) in [6.45, 7) is 2.98. The molecule has 4 aromatic rings. The minimum absolute atomic E-state index is 0.592.